The average Bonchev–Trinajstić information content (AvgIpc) is 2.51. The standard InChI is InChI=1S/C18H28BrNS/c1-3-14-7-5-8-15(11-14)18(20-4-2)13-21-17-10-6-9-16(19)12-17/h6,9-10,12,14-15,18,20H,3-5,7-8,11,13H2,1-2H3. The van der Waals surface area contributed by atoms with Crippen molar-refractivity contribution in [1.29, 1.82) is 0 Å². The van der Waals surface area contributed by atoms with Crippen LogP contribution in [0.25, 0.3) is 0 Å². The average molecular weight is 370 g/mol. The number of hydrogen-bond donors (Lipinski definition) is 1. The van der Waals surface area contributed by atoms with Gasteiger partial charge >= 0.3 is 0 Å². The van der Waals surface area contributed by atoms with E-state index in [4.69, 9.17) is 0 Å². The molecule has 1 nitrogen and oxygen atoms in total. The molecule has 1 fully saturated rings. The van der Waals surface area contributed by atoms with Gasteiger partial charge in [0, 0.05) is 21.2 Å². The van der Waals surface area contributed by atoms with E-state index in [0.717, 1.165) is 18.4 Å². The molecule has 21 heavy (non-hydrogen) atoms. The number of hydrogen-bond acceptors (Lipinski definition) is 2. The zero-order chi connectivity index (χ0) is 15.1. The van der Waals surface area contributed by atoms with Crippen LogP contribution in [0.5, 0.6) is 0 Å². The van der Waals surface area contributed by atoms with Crippen LogP contribution in [-0.2, 0) is 0 Å². The predicted molar refractivity (Wildman–Crippen MR) is 98.1 cm³/mol. The zero-order valence-corrected chi connectivity index (χ0v) is 15.7. The van der Waals surface area contributed by atoms with Crippen LogP contribution in [0, 0.1) is 11.8 Å². The molecule has 3 atom stereocenters. The van der Waals surface area contributed by atoms with E-state index in [1.165, 1.54) is 47.2 Å². The molecule has 2 rings (SSSR count). The summed E-state index contributed by atoms with van der Waals surface area (Å²) in [4.78, 5) is 1.37. The molecule has 3 unspecified atom stereocenters. The molecule has 0 spiro atoms. The summed E-state index contributed by atoms with van der Waals surface area (Å²) in [5.41, 5.74) is 0. The molecule has 0 aliphatic heterocycles. The molecule has 0 heterocycles. The van der Waals surface area contributed by atoms with Gasteiger partial charge in [-0.05, 0) is 49.4 Å². The van der Waals surface area contributed by atoms with Gasteiger partial charge in [-0.3, -0.25) is 0 Å². The van der Waals surface area contributed by atoms with Gasteiger partial charge < -0.3 is 5.32 Å². The van der Waals surface area contributed by atoms with Crippen LogP contribution < -0.4 is 5.32 Å². The smallest absolute Gasteiger partial charge is 0.0189 e. The molecule has 0 amide bonds. The van der Waals surface area contributed by atoms with Gasteiger partial charge in [-0.2, -0.15) is 0 Å². The monoisotopic (exact) mass is 369 g/mol. The maximum atomic E-state index is 3.75. The Morgan fingerprint density at radius 3 is 2.90 bits per heavy atom. The van der Waals surface area contributed by atoms with E-state index in [1.54, 1.807) is 0 Å². The van der Waals surface area contributed by atoms with Crippen LogP contribution in [0.3, 0.4) is 0 Å². The summed E-state index contributed by atoms with van der Waals surface area (Å²) in [6.45, 7) is 5.67. The van der Waals surface area contributed by atoms with Gasteiger partial charge in [-0.1, -0.05) is 55.1 Å². The van der Waals surface area contributed by atoms with E-state index in [0.29, 0.717) is 6.04 Å². The normalized spacial score (nSPS) is 24.0. The number of nitrogens with one attached hydrogen (secondary N) is 1. The first-order chi connectivity index (χ1) is 10.2. The third-order valence-electron chi connectivity index (χ3n) is 4.66. The van der Waals surface area contributed by atoms with E-state index in [1.807, 2.05) is 11.8 Å². The zero-order valence-electron chi connectivity index (χ0n) is 13.3. The van der Waals surface area contributed by atoms with Crippen LogP contribution in [-0.4, -0.2) is 18.3 Å². The van der Waals surface area contributed by atoms with Gasteiger partial charge in [-0.25, -0.2) is 0 Å². The molecule has 0 bridgehead atoms. The van der Waals surface area contributed by atoms with Crippen molar-refractivity contribution >= 4 is 27.7 Å². The van der Waals surface area contributed by atoms with Crippen molar-refractivity contribution in [2.24, 2.45) is 11.8 Å². The van der Waals surface area contributed by atoms with E-state index in [9.17, 15) is 0 Å². The molecule has 1 aliphatic carbocycles. The van der Waals surface area contributed by atoms with Gasteiger partial charge in [0.25, 0.3) is 0 Å². The summed E-state index contributed by atoms with van der Waals surface area (Å²) in [6.07, 6.45) is 7.06. The molecule has 3 heteroatoms. The van der Waals surface area contributed by atoms with E-state index >= 15 is 0 Å². The minimum absolute atomic E-state index is 0.660. The molecular formula is C18H28BrNS. The highest BCUT2D eigenvalue weighted by Crippen LogP contribution is 2.34. The van der Waals surface area contributed by atoms with Crippen molar-refractivity contribution in [2.75, 3.05) is 12.3 Å². The quantitative estimate of drug-likeness (QED) is 0.615. The summed E-state index contributed by atoms with van der Waals surface area (Å²) in [5.74, 6) is 3.01. The van der Waals surface area contributed by atoms with Gasteiger partial charge in [0.15, 0.2) is 0 Å². The summed E-state index contributed by atoms with van der Waals surface area (Å²) in [6, 6.07) is 9.33. The summed E-state index contributed by atoms with van der Waals surface area (Å²) < 4.78 is 1.18. The SMILES string of the molecule is CCNC(CSc1cccc(Br)c1)C1CCCC(CC)C1. The largest absolute Gasteiger partial charge is 0.313 e. The fourth-order valence-corrected chi connectivity index (χ4v) is 5.13. The number of benzene rings is 1. The lowest BCUT2D eigenvalue weighted by atomic mass is 9.77. The second-order valence-corrected chi connectivity index (χ2v) is 8.14. The fraction of sp³-hybridized carbons (Fsp3) is 0.667. The fourth-order valence-electron chi connectivity index (χ4n) is 3.44. The molecule has 0 aromatic heterocycles. The van der Waals surface area contributed by atoms with E-state index in [2.05, 4.69) is 59.4 Å². The third-order valence-corrected chi connectivity index (χ3v) is 6.27. The summed E-state index contributed by atoms with van der Waals surface area (Å²) >= 11 is 5.56. The second-order valence-electron chi connectivity index (χ2n) is 6.13. The van der Waals surface area contributed by atoms with E-state index in [-0.39, 0.29) is 0 Å². The van der Waals surface area contributed by atoms with Gasteiger partial charge in [0.05, 0.1) is 0 Å². The van der Waals surface area contributed by atoms with Crippen molar-refractivity contribution in [3.05, 3.63) is 28.7 Å². The van der Waals surface area contributed by atoms with Crippen molar-refractivity contribution in [3.63, 3.8) is 0 Å². The highest BCUT2D eigenvalue weighted by Gasteiger charge is 2.27. The number of rotatable bonds is 7. The third kappa shape index (κ3) is 5.61. The van der Waals surface area contributed by atoms with Gasteiger partial charge in [0.1, 0.15) is 0 Å². The van der Waals surface area contributed by atoms with Crippen LogP contribution in [0.2, 0.25) is 0 Å². The lowest BCUT2D eigenvalue weighted by molar-refractivity contribution is 0.220. The van der Waals surface area contributed by atoms with Crippen molar-refractivity contribution in [2.45, 2.75) is 56.9 Å². The van der Waals surface area contributed by atoms with Crippen molar-refractivity contribution < 1.29 is 0 Å². The molecule has 0 saturated heterocycles. The minimum atomic E-state index is 0.660. The van der Waals surface area contributed by atoms with Gasteiger partial charge in [-0.15, -0.1) is 11.8 Å². The Hall–Kier alpha value is 0.01000. The van der Waals surface area contributed by atoms with Gasteiger partial charge in [0.2, 0.25) is 0 Å². The molecule has 118 valence electrons. The molecule has 1 aliphatic rings. The first-order valence-electron chi connectivity index (χ1n) is 8.34. The Kier molecular flexibility index (Phi) is 7.62. The predicted octanol–water partition coefficient (Wildman–Crippen LogP) is 5.74. The first kappa shape index (κ1) is 17.4. The van der Waals surface area contributed by atoms with Crippen LogP contribution in [0.1, 0.15) is 46.0 Å². The first-order valence-corrected chi connectivity index (χ1v) is 10.1. The summed E-state index contributed by atoms with van der Waals surface area (Å²) in [7, 11) is 0. The van der Waals surface area contributed by atoms with Crippen LogP contribution in [0.4, 0.5) is 0 Å². The number of halogens is 1. The summed E-state index contributed by atoms with van der Waals surface area (Å²) in [5, 5.41) is 3.75. The minimum Gasteiger partial charge on any atom is -0.313 e. The van der Waals surface area contributed by atoms with Crippen LogP contribution in [0.15, 0.2) is 33.6 Å². The molecule has 1 aromatic carbocycles. The Bertz CT molecular complexity index is 423. The topological polar surface area (TPSA) is 12.0 Å². The highest BCUT2D eigenvalue weighted by atomic mass is 79.9. The Morgan fingerprint density at radius 1 is 1.33 bits per heavy atom. The molecule has 1 aromatic rings. The second kappa shape index (κ2) is 9.22. The highest BCUT2D eigenvalue weighted by molar-refractivity contribution is 9.10. The lowest BCUT2D eigenvalue weighted by Crippen LogP contribution is -2.40. The van der Waals surface area contributed by atoms with E-state index < -0.39 is 0 Å². The lowest BCUT2D eigenvalue weighted by Gasteiger charge is -2.34. The Balaban J connectivity index is 1.92. The molecule has 1 saturated carbocycles. The Morgan fingerprint density at radius 2 is 2.19 bits per heavy atom. The maximum Gasteiger partial charge on any atom is 0.0189 e. The van der Waals surface area contributed by atoms with Crippen LogP contribution >= 0.6 is 27.7 Å². The molecule has 0 radical (unpaired) electrons. The Labute approximate surface area is 142 Å². The maximum absolute atomic E-state index is 3.75. The molecular weight excluding hydrogens is 342 g/mol. The van der Waals surface area contributed by atoms with Crippen molar-refractivity contribution in [3.8, 4) is 0 Å². The molecule has 1 N–H and O–H groups in total. The number of thioether (sulfide) groups is 1. The van der Waals surface area contributed by atoms with Crippen molar-refractivity contribution in [1.82, 2.24) is 5.32 Å².